The van der Waals surface area contributed by atoms with Gasteiger partial charge in [0.25, 0.3) is 0 Å². The van der Waals surface area contributed by atoms with Crippen molar-refractivity contribution in [3.8, 4) is 5.69 Å². The highest BCUT2D eigenvalue weighted by Crippen LogP contribution is 2.09. The molecule has 1 N–H and O–H groups in total. The van der Waals surface area contributed by atoms with Gasteiger partial charge in [0.15, 0.2) is 0 Å². The summed E-state index contributed by atoms with van der Waals surface area (Å²) in [6.07, 6.45) is 7.56. The predicted molar refractivity (Wildman–Crippen MR) is 107 cm³/mol. The summed E-state index contributed by atoms with van der Waals surface area (Å²) in [6, 6.07) is 16.8. The van der Waals surface area contributed by atoms with E-state index >= 15 is 0 Å². The minimum atomic E-state index is -0.383. The van der Waals surface area contributed by atoms with Crippen LogP contribution in [0.5, 0.6) is 0 Å². The fourth-order valence-electron chi connectivity index (χ4n) is 2.65. The Morgan fingerprint density at radius 3 is 2.50 bits per heavy atom. The molecule has 0 aliphatic carbocycles. The predicted octanol–water partition coefficient (Wildman–Crippen LogP) is 3.03. The lowest BCUT2D eigenvalue weighted by molar-refractivity contribution is -0.116. The van der Waals surface area contributed by atoms with Crippen molar-refractivity contribution >= 4 is 18.0 Å². The fraction of sp³-hybridized carbons (Fsp3) is 0.136. The summed E-state index contributed by atoms with van der Waals surface area (Å²) in [4.78, 5) is 23.3. The molecule has 6 heteroatoms. The fourth-order valence-corrected chi connectivity index (χ4v) is 2.65. The van der Waals surface area contributed by atoms with Gasteiger partial charge in [-0.15, -0.1) is 0 Å². The number of nitrogens with zero attached hydrogens (tertiary/aromatic N) is 2. The first kappa shape index (κ1) is 19.1. The number of aromatic nitrogens is 2. The molecule has 1 heterocycles. The standard InChI is InChI=1S/C22H21N3O3/c1-28-22(27)19-8-3-17(4-9-19)7-12-21(26)23-15-13-18-5-10-20(11-6-18)25-16-2-14-24-25/h2-12,14,16H,13,15H2,1H3,(H,23,26)/b12-7+. The molecular weight excluding hydrogens is 354 g/mol. The minimum Gasteiger partial charge on any atom is -0.465 e. The van der Waals surface area contributed by atoms with Crippen molar-refractivity contribution in [3.63, 3.8) is 0 Å². The molecule has 0 unspecified atom stereocenters. The lowest BCUT2D eigenvalue weighted by atomic mass is 10.1. The second-order valence-corrected chi connectivity index (χ2v) is 6.11. The van der Waals surface area contributed by atoms with Crippen molar-refractivity contribution in [1.29, 1.82) is 0 Å². The van der Waals surface area contributed by atoms with E-state index in [4.69, 9.17) is 0 Å². The van der Waals surface area contributed by atoms with Crippen LogP contribution in [0.4, 0.5) is 0 Å². The second-order valence-electron chi connectivity index (χ2n) is 6.11. The summed E-state index contributed by atoms with van der Waals surface area (Å²) in [6.45, 7) is 0.547. The Bertz CT molecular complexity index is 944. The molecule has 0 saturated carbocycles. The van der Waals surface area contributed by atoms with E-state index < -0.39 is 0 Å². The van der Waals surface area contributed by atoms with Gasteiger partial charge in [0.2, 0.25) is 5.91 Å². The van der Waals surface area contributed by atoms with Crippen LogP contribution in [0.25, 0.3) is 11.8 Å². The van der Waals surface area contributed by atoms with Crippen molar-refractivity contribution in [1.82, 2.24) is 15.1 Å². The maximum Gasteiger partial charge on any atom is 0.337 e. The number of rotatable bonds is 7. The summed E-state index contributed by atoms with van der Waals surface area (Å²) in [5.74, 6) is -0.545. The van der Waals surface area contributed by atoms with Crippen molar-refractivity contribution in [2.45, 2.75) is 6.42 Å². The number of esters is 1. The topological polar surface area (TPSA) is 73.2 Å². The molecule has 0 atom stereocenters. The number of hydrogen-bond acceptors (Lipinski definition) is 4. The van der Waals surface area contributed by atoms with E-state index in [-0.39, 0.29) is 11.9 Å². The number of methoxy groups -OCH3 is 1. The molecule has 0 saturated heterocycles. The van der Waals surface area contributed by atoms with Crippen molar-refractivity contribution < 1.29 is 14.3 Å². The molecule has 1 amide bonds. The summed E-state index contributed by atoms with van der Waals surface area (Å²) in [7, 11) is 1.34. The number of carbonyl (C=O) groups excluding carboxylic acids is 2. The van der Waals surface area contributed by atoms with Gasteiger partial charge in [-0.05, 0) is 54.0 Å². The third-order valence-electron chi connectivity index (χ3n) is 4.18. The van der Waals surface area contributed by atoms with E-state index in [1.807, 2.05) is 36.5 Å². The lowest BCUT2D eigenvalue weighted by Crippen LogP contribution is -2.23. The van der Waals surface area contributed by atoms with E-state index in [0.717, 1.165) is 23.2 Å². The number of carbonyl (C=O) groups is 2. The Morgan fingerprint density at radius 1 is 1.11 bits per heavy atom. The molecule has 0 spiro atoms. The summed E-state index contributed by atoms with van der Waals surface area (Å²) in [5.41, 5.74) is 3.44. The smallest absolute Gasteiger partial charge is 0.337 e. The molecule has 3 aromatic rings. The van der Waals surface area contributed by atoms with Crippen LogP contribution >= 0.6 is 0 Å². The van der Waals surface area contributed by atoms with E-state index in [0.29, 0.717) is 12.1 Å². The molecule has 0 fully saturated rings. The Morgan fingerprint density at radius 2 is 1.86 bits per heavy atom. The highest BCUT2D eigenvalue weighted by Gasteiger charge is 2.03. The number of hydrogen-bond donors (Lipinski definition) is 1. The van der Waals surface area contributed by atoms with Gasteiger partial charge in [-0.2, -0.15) is 5.10 Å². The highest BCUT2D eigenvalue weighted by molar-refractivity contribution is 5.92. The van der Waals surface area contributed by atoms with Crippen LogP contribution in [0, 0.1) is 0 Å². The van der Waals surface area contributed by atoms with Crippen molar-refractivity contribution in [2.75, 3.05) is 13.7 Å². The lowest BCUT2D eigenvalue weighted by Gasteiger charge is -2.05. The van der Waals surface area contributed by atoms with Crippen LogP contribution in [0.2, 0.25) is 0 Å². The van der Waals surface area contributed by atoms with E-state index in [2.05, 4.69) is 15.2 Å². The van der Waals surface area contributed by atoms with E-state index in [9.17, 15) is 9.59 Å². The Balaban J connectivity index is 1.45. The number of benzene rings is 2. The van der Waals surface area contributed by atoms with Crippen molar-refractivity contribution in [2.24, 2.45) is 0 Å². The normalized spacial score (nSPS) is 10.8. The van der Waals surface area contributed by atoms with E-state index in [1.54, 1.807) is 41.2 Å². The second kappa shape index (κ2) is 9.32. The molecule has 28 heavy (non-hydrogen) atoms. The molecule has 0 bridgehead atoms. The molecule has 0 aliphatic rings. The highest BCUT2D eigenvalue weighted by atomic mass is 16.5. The summed E-state index contributed by atoms with van der Waals surface area (Å²) < 4.78 is 6.45. The van der Waals surface area contributed by atoms with E-state index in [1.165, 1.54) is 13.2 Å². The molecule has 0 aliphatic heterocycles. The Kier molecular flexibility index (Phi) is 6.36. The van der Waals surface area contributed by atoms with Gasteiger partial charge in [0.1, 0.15) is 0 Å². The average Bonchev–Trinajstić information content (AvgIpc) is 3.27. The zero-order valence-electron chi connectivity index (χ0n) is 15.5. The van der Waals surface area contributed by atoms with Crippen LogP contribution in [0.3, 0.4) is 0 Å². The first-order chi connectivity index (χ1) is 13.7. The molecule has 3 rings (SSSR count). The Labute approximate surface area is 163 Å². The minimum absolute atomic E-state index is 0.162. The number of ether oxygens (including phenoxy) is 1. The first-order valence-corrected chi connectivity index (χ1v) is 8.89. The van der Waals surface area contributed by atoms with Gasteiger partial charge in [-0.25, -0.2) is 9.48 Å². The van der Waals surface area contributed by atoms with Crippen LogP contribution in [0.1, 0.15) is 21.5 Å². The number of amides is 1. The molecule has 6 nitrogen and oxygen atoms in total. The van der Waals surface area contributed by atoms with Gasteiger partial charge in [-0.3, -0.25) is 4.79 Å². The molecule has 1 aromatic heterocycles. The maximum absolute atomic E-state index is 12.0. The molecule has 142 valence electrons. The SMILES string of the molecule is COC(=O)c1ccc(/C=C/C(=O)NCCc2ccc(-n3cccn3)cc2)cc1. The molecular formula is C22H21N3O3. The van der Waals surface area contributed by atoms with Gasteiger partial charge in [0, 0.05) is 25.0 Å². The monoisotopic (exact) mass is 375 g/mol. The first-order valence-electron chi connectivity index (χ1n) is 8.89. The number of nitrogens with one attached hydrogen (secondary N) is 1. The maximum atomic E-state index is 12.0. The summed E-state index contributed by atoms with van der Waals surface area (Å²) >= 11 is 0. The summed E-state index contributed by atoms with van der Waals surface area (Å²) in [5, 5.41) is 7.06. The zero-order chi connectivity index (χ0) is 19.8. The van der Waals surface area contributed by atoms with Gasteiger partial charge in [0.05, 0.1) is 18.4 Å². The average molecular weight is 375 g/mol. The third kappa shape index (κ3) is 5.17. The van der Waals surface area contributed by atoms with Gasteiger partial charge in [-0.1, -0.05) is 24.3 Å². The van der Waals surface area contributed by atoms with Gasteiger partial charge >= 0.3 is 5.97 Å². The molecule has 0 radical (unpaired) electrons. The van der Waals surface area contributed by atoms with Crippen LogP contribution in [-0.4, -0.2) is 35.3 Å². The van der Waals surface area contributed by atoms with Crippen LogP contribution < -0.4 is 5.32 Å². The largest absolute Gasteiger partial charge is 0.465 e. The zero-order valence-corrected chi connectivity index (χ0v) is 15.5. The Hall–Kier alpha value is -3.67. The van der Waals surface area contributed by atoms with Crippen LogP contribution in [0.15, 0.2) is 73.1 Å². The molecule has 2 aromatic carbocycles. The van der Waals surface area contributed by atoms with Crippen LogP contribution in [-0.2, 0) is 16.0 Å². The quantitative estimate of drug-likeness (QED) is 0.509. The van der Waals surface area contributed by atoms with Crippen molar-refractivity contribution in [3.05, 3.63) is 89.8 Å². The third-order valence-corrected chi connectivity index (χ3v) is 4.18. The van der Waals surface area contributed by atoms with Gasteiger partial charge < -0.3 is 10.1 Å².